The first kappa shape index (κ1) is 26.6. The van der Waals surface area contributed by atoms with Crippen LogP contribution < -0.4 is 19.1 Å². The number of rotatable bonds is 8. The van der Waals surface area contributed by atoms with Crippen LogP contribution in [0.1, 0.15) is 11.1 Å². The van der Waals surface area contributed by atoms with E-state index in [1.165, 1.54) is 12.1 Å². The summed E-state index contributed by atoms with van der Waals surface area (Å²) in [5.74, 6) is 0.984. The molecule has 1 amide bonds. The van der Waals surface area contributed by atoms with Crippen LogP contribution in [0.2, 0.25) is 5.02 Å². The van der Waals surface area contributed by atoms with E-state index < -0.39 is 10.0 Å². The predicted octanol–water partition coefficient (Wildman–Crippen LogP) is 4.49. The zero-order valence-corrected chi connectivity index (χ0v) is 22.6. The van der Waals surface area contributed by atoms with Crippen molar-refractivity contribution in [1.82, 2.24) is 4.90 Å². The number of carbonyl (C=O) groups excluding carboxylic acids is 1. The summed E-state index contributed by atoms with van der Waals surface area (Å²) in [4.78, 5) is 16.9. The fraction of sp³-hybridized carbons (Fsp3) is 0.296. The van der Waals surface area contributed by atoms with E-state index in [1.54, 1.807) is 49.3 Å². The van der Waals surface area contributed by atoms with Crippen molar-refractivity contribution < 1.29 is 22.7 Å². The third kappa shape index (κ3) is 6.47. The largest absolute Gasteiger partial charge is 0.497 e. The minimum atomic E-state index is -3.79. The van der Waals surface area contributed by atoms with Crippen molar-refractivity contribution in [3.8, 4) is 11.5 Å². The standard InChI is InChI=1S/C27H30ClN3O5S/c1-19-4-5-21(28)17-25(19)30-12-14-31(15-13-30)27(32)18-36-26-11-10-24(16-20(26)2)37(33,34)29-22-6-8-23(35-3)9-7-22/h4-11,16-17,29H,12-15,18H2,1-3H3. The van der Waals surface area contributed by atoms with E-state index >= 15 is 0 Å². The molecule has 1 N–H and O–H groups in total. The molecule has 0 radical (unpaired) electrons. The zero-order chi connectivity index (χ0) is 26.6. The van der Waals surface area contributed by atoms with E-state index in [4.69, 9.17) is 21.1 Å². The van der Waals surface area contributed by atoms with Gasteiger partial charge in [0.2, 0.25) is 0 Å². The molecule has 0 atom stereocenters. The molecule has 1 heterocycles. The number of anilines is 2. The van der Waals surface area contributed by atoms with Crippen LogP contribution in [0.25, 0.3) is 0 Å². The van der Waals surface area contributed by atoms with Gasteiger partial charge in [-0.05, 0) is 79.6 Å². The lowest BCUT2D eigenvalue weighted by atomic mass is 10.1. The van der Waals surface area contributed by atoms with Crippen molar-refractivity contribution in [2.24, 2.45) is 0 Å². The van der Waals surface area contributed by atoms with Crippen molar-refractivity contribution in [1.29, 1.82) is 0 Å². The van der Waals surface area contributed by atoms with E-state index in [0.717, 1.165) is 11.3 Å². The second-order valence-electron chi connectivity index (χ2n) is 8.85. The molecule has 0 aromatic heterocycles. The molecule has 4 rings (SSSR count). The van der Waals surface area contributed by atoms with Crippen LogP contribution in [0, 0.1) is 13.8 Å². The van der Waals surface area contributed by atoms with Gasteiger partial charge in [-0.1, -0.05) is 17.7 Å². The summed E-state index contributed by atoms with van der Waals surface area (Å²) in [5, 5.41) is 0.693. The number of aryl methyl sites for hydroxylation is 2. The van der Waals surface area contributed by atoms with Crippen molar-refractivity contribution >= 4 is 38.9 Å². The minimum Gasteiger partial charge on any atom is -0.497 e. The number of carbonyl (C=O) groups is 1. The normalized spacial score (nSPS) is 13.8. The molecule has 0 spiro atoms. The van der Waals surface area contributed by atoms with E-state index in [1.807, 2.05) is 25.1 Å². The lowest BCUT2D eigenvalue weighted by molar-refractivity contribution is -0.133. The van der Waals surface area contributed by atoms with Gasteiger partial charge >= 0.3 is 0 Å². The molecule has 8 nitrogen and oxygen atoms in total. The van der Waals surface area contributed by atoms with Gasteiger partial charge in [0, 0.05) is 42.6 Å². The number of piperazine rings is 1. The average molecular weight is 544 g/mol. The lowest BCUT2D eigenvalue weighted by Gasteiger charge is -2.36. The van der Waals surface area contributed by atoms with Gasteiger partial charge in [-0.25, -0.2) is 8.42 Å². The number of methoxy groups -OCH3 is 1. The highest BCUT2D eigenvalue weighted by atomic mass is 35.5. The summed E-state index contributed by atoms with van der Waals surface area (Å²) in [6.45, 7) is 6.26. The monoisotopic (exact) mass is 543 g/mol. The molecular weight excluding hydrogens is 514 g/mol. The number of nitrogens with zero attached hydrogens (tertiary/aromatic N) is 2. The highest BCUT2D eigenvalue weighted by Gasteiger charge is 2.23. The van der Waals surface area contributed by atoms with Crippen molar-refractivity contribution in [2.45, 2.75) is 18.7 Å². The van der Waals surface area contributed by atoms with Gasteiger partial charge in [0.1, 0.15) is 11.5 Å². The highest BCUT2D eigenvalue weighted by molar-refractivity contribution is 7.92. The summed E-state index contributed by atoms with van der Waals surface area (Å²) < 4.78 is 39.0. The van der Waals surface area contributed by atoms with Crippen LogP contribution in [0.5, 0.6) is 11.5 Å². The van der Waals surface area contributed by atoms with E-state index in [2.05, 4.69) is 9.62 Å². The number of hydrogen-bond acceptors (Lipinski definition) is 6. The summed E-state index contributed by atoms with van der Waals surface area (Å²) in [6.07, 6.45) is 0. The summed E-state index contributed by atoms with van der Waals surface area (Å²) in [6, 6.07) is 17.0. The Bertz CT molecular complexity index is 1370. The number of nitrogens with one attached hydrogen (secondary N) is 1. The lowest BCUT2D eigenvalue weighted by Crippen LogP contribution is -2.50. The first-order valence-electron chi connectivity index (χ1n) is 11.9. The molecule has 10 heteroatoms. The molecule has 196 valence electrons. The number of sulfonamides is 1. The van der Waals surface area contributed by atoms with Crippen molar-refractivity contribution in [2.75, 3.05) is 49.5 Å². The first-order chi connectivity index (χ1) is 17.7. The summed E-state index contributed by atoms with van der Waals surface area (Å²) >= 11 is 6.16. The zero-order valence-electron chi connectivity index (χ0n) is 21.0. The Balaban J connectivity index is 1.32. The van der Waals surface area contributed by atoms with Gasteiger partial charge in [-0.3, -0.25) is 9.52 Å². The van der Waals surface area contributed by atoms with Crippen LogP contribution in [-0.2, 0) is 14.8 Å². The van der Waals surface area contributed by atoms with Crippen LogP contribution in [-0.4, -0.2) is 59.1 Å². The number of halogens is 1. The van der Waals surface area contributed by atoms with Crippen LogP contribution in [0.4, 0.5) is 11.4 Å². The topological polar surface area (TPSA) is 88.2 Å². The number of benzene rings is 3. The molecule has 1 saturated heterocycles. The van der Waals surface area contributed by atoms with Gasteiger partial charge < -0.3 is 19.3 Å². The Hall–Kier alpha value is -3.43. The maximum atomic E-state index is 12.8. The Kier molecular flexibility index (Phi) is 8.14. The molecule has 37 heavy (non-hydrogen) atoms. The average Bonchev–Trinajstić information content (AvgIpc) is 2.89. The molecule has 0 bridgehead atoms. The second-order valence-corrected chi connectivity index (χ2v) is 11.0. The Labute approximate surface area is 222 Å². The Morgan fingerprint density at radius 1 is 0.946 bits per heavy atom. The van der Waals surface area contributed by atoms with Crippen LogP contribution in [0.15, 0.2) is 65.6 Å². The smallest absolute Gasteiger partial charge is 0.261 e. The van der Waals surface area contributed by atoms with E-state index in [-0.39, 0.29) is 17.4 Å². The number of ether oxygens (including phenoxy) is 2. The molecule has 0 unspecified atom stereocenters. The van der Waals surface area contributed by atoms with Crippen LogP contribution >= 0.6 is 11.6 Å². The highest BCUT2D eigenvalue weighted by Crippen LogP contribution is 2.26. The SMILES string of the molecule is COc1ccc(NS(=O)(=O)c2ccc(OCC(=O)N3CCN(c4cc(Cl)ccc4C)CC3)c(C)c2)cc1. The second kappa shape index (κ2) is 11.3. The molecule has 1 fully saturated rings. The number of hydrogen-bond donors (Lipinski definition) is 1. The third-order valence-electron chi connectivity index (χ3n) is 6.29. The van der Waals surface area contributed by atoms with Gasteiger partial charge in [-0.2, -0.15) is 0 Å². The van der Waals surface area contributed by atoms with Gasteiger partial charge in [0.15, 0.2) is 6.61 Å². The van der Waals surface area contributed by atoms with Gasteiger partial charge in [0.25, 0.3) is 15.9 Å². The number of amides is 1. The maximum Gasteiger partial charge on any atom is 0.261 e. The molecule has 3 aromatic carbocycles. The molecule has 0 aliphatic carbocycles. The van der Waals surface area contributed by atoms with E-state index in [0.29, 0.717) is 54.0 Å². The van der Waals surface area contributed by atoms with Gasteiger partial charge in [-0.15, -0.1) is 0 Å². The summed E-state index contributed by atoms with van der Waals surface area (Å²) in [5.41, 5.74) is 3.28. The molecule has 0 saturated carbocycles. The predicted molar refractivity (Wildman–Crippen MR) is 145 cm³/mol. The van der Waals surface area contributed by atoms with Crippen molar-refractivity contribution in [3.05, 3.63) is 76.8 Å². The Morgan fingerprint density at radius 2 is 1.65 bits per heavy atom. The molecule has 1 aliphatic rings. The maximum absolute atomic E-state index is 12.8. The molecular formula is C27H30ClN3O5S. The minimum absolute atomic E-state index is 0.104. The first-order valence-corrected chi connectivity index (χ1v) is 13.7. The quantitative estimate of drug-likeness (QED) is 0.450. The Morgan fingerprint density at radius 3 is 2.30 bits per heavy atom. The fourth-order valence-electron chi connectivity index (χ4n) is 4.17. The molecule has 1 aliphatic heterocycles. The fourth-order valence-corrected chi connectivity index (χ4v) is 5.48. The summed E-state index contributed by atoms with van der Waals surface area (Å²) in [7, 11) is -2.24. The molecule has 3 aromatic rings. The van der Waals surface area contributed by atoms with Crippen molar-refractivity contribution in [3.63, 3.8) is 0 Å². The van der Waals surface area contributed by atoms with Crippen LogP contribution in [0.3, 0.4) is 0 Å². The van der Waals surface area contributed by atoms with E-state index in [9.17, 15) is 13.2 Å². The third-order valence-corrected chi connectivity index (χ3v) is 7.91. The van der Waals surface area contributed by atoms with Gasteiger partial charge in [0.05, 0.1) is 12.0 Å².